The molecule has 0 aliphatic carbocycles. The zero-order chi connectivity index (χ0) is 22.7. The molecule has 0 atom stereocenters. The smallest absolute Gasteiger partial charge is 0.280 e. The standard InChI is InChI=1S/C21H16N4O6S/c22-12-15(21(27)24-7-9-30-10-8-24)20-23-19(26)18(32-20)11-13-5-6-17(31-13)14-3-1-2-4-16(14)25(28)29/h1-6,11H,7-10H2,(H,23,26). The van der Waals surface area contributed by atoms with Gasteiger partial charge in [0, 0.05) is 25.2 Å². The third-order valence-corrected chi connectivity index (χ3v) is 5.81. The summed E-state index contributed by atoms with van der Waals surface area (Å²) in [5.41, 5.74) is -0.404. The minimum atomic E-state index is -0.498. The number of hydrogen-bond acceptors (Lipinski definition) is 8. The van der Waals surface area contributed by atoms with E-state index in [1.54, 1.807) is 30.3 Å². The Morgan fingerprint density at radius 2 is 2.00 bits per heavy atom. The molecule has 2 aromatic heterocycles. The number of nitro groups is 1. The first-order valence-electron chi connectivity index (χ1n) is 9.54. The molecule has 0 unspecified atom stereocenters. The topological polar surface area (TPSA) is 142 Å². The Balaban J connectivity index is 1.71. The molecule has 4 rings (SSSR count). The fourth-order valence-electron chi connectivity index (χ4n) is 3.22. The van der Waals surface area contributed by atoms with Gasteiger partial charge in [0.05, 0.1) is 28.2 Å². The van der Waals surface area contributed by atoms with Gasteiger partial charge in [-0.05, 0) is 18.2 Å². The summed E-state index contributed by atoms with van der Waals surface area (Å²) in [7, 11) is 0. The van der Waals surface area contributed by atoms with Gasteiger partial charge < -0.3 is 19.0 Å². The lowest BCUT2D eigenvalue weighted by atomic mass is 10.1. The SMILES string of the molecule is N#CC(C(=O)N1CCOCC1)=c1[nH]c(=O)c(=Cc2ccc(-c3ccccc3[N+](=O)[O-])o2)s1. The number of morpholine rings is 1. The summed E-state index contributed by atoms with van der Waals surface area (Å²) in [5.74, 6) is 0.120. The van der Waals surface area contributed by atoms with E-state index < -0.39 is 16.4 Å². The number of rotatable bonds is 4. The first-order chi connectivity index (χ1) is 15.5. The van der Waals surface area contributed by atoms with E-state index in [4.69, 9.17) is 9.15 Å². The van der Waals surface area contributed by atoms with Crippen LogP contribution >= 0.6 is 11.3 Å². The number of nitro benzene ring substituents is 1. The van der Waals surface area contributed by atoms with Crippen molar-refractivity contribution in [2.24, 2.45) is 0 Å². The van der Waals surface area contributed by atoms with E-state index in [0.29, 0.717) is 37.6 Å². The van der Waals surface area contributed by atoms with Gasteiger partial charge in [0.15, 0.2) is 5.57 Å². The Kier molecular flexibility index (Phi) is 5.98. The summed E-state index contributed by atoms with van der Waals surface area (Å²) >= 11 is 0.962. The van der Waals surface area contributed by atoms with Crippen LogP contribution in [0.25, 0.3) is 23.0 Å². The van der Waals surface area contributed by atoms with Gasteiger partial charge in [0.25, 0.3) is 17.2 Å². The highest BCUT2D eigenvalue weighted by atomic mass is 32.1. The van der Waals surface area contributed by atoms with Gasteiger partial charge in [-0.2, -0.15) is 5.26 Å². The van der Waals surface area contributed by atoms with Crippen molar-refractivity contribution < 1.29 is 18.9 Å². The van der Waals surface area contributed by atoms with Crippen molar-refractivity contribution in [3.05, 3.63) is 71.8 Å². The quantitative estimate of drug-likeness (QED) is 0.459. The van der Waals surface area contributed by atoms with E-state index >= 15 is 0 Å². The number of thiazole rings is 1. The molecular formula is C21H16N4O6S. The minimum Gasteiger partial charge on any atom is -0.456 e. The normalized spacial score (nSPS) is 15.3. The molecule has 1 aliphatic heterocycles. The fourth-order valence-corrected chi connectivity index (χ4v) is 4.14. The number of amides is 1. The molecule has 162 valence electrons. The van der Waals surface area contributed by atoms with Crippen LogP contribution in [0, 0.1) is 21.4 Å². The second-order valence-corrected chi connectivity index (χ2v) is 7.81. The van der Waals surface area contributed by atoms with Crippen LogP contribution in [0.4, 0.5) is 5.69 Å². The van der Waals surface area contributed by atoms with Crippen LogP contribution in [0.3, 0.4) is 0 Å². The molecule has 0 saturated carbocycles. The van der Waals surface area contributed by atoms with E-state index in [0.717, 1.165) is 11.3 Å². The van der Waals surface area contributed by atoms with E-state index in [2.05, 4.69) is 4.98 Å². The van der Waals surface area contributed by atoms with E-state index in [-0.39, 0.29) is 26.2 Å². The second kappa shape index (κ2) is 9.01. The molecule has 1 N–H and O–H groups in total. The fraction of sp³-hybridized carbons (Fsp3) is 0.190. The minimum absolute atomic E-state index is 0.0976. The number of para-hydroxylation sites is 1. The Bertz CT molecular complexity index is 1400. The van der Waals surface area contributed by atoms with Crippen LogP contribution in [0.15, 0.2) is 45.6 Å². The lowest BCUT2D eigenvalue weighted by Crippen LogP contribution is -2.42. The lowest BCUT2D eigenvalue weighted by Gasteiger charge is -2.26. The zero-order valence-corrected chi connectivity index (χ0v) is 17.4. The van der Waals surface area contributed by atoms with Gasteiger partial charge in [-0.15, -0.1) is 11.3 Å². The number of nitrogens with one attached hydrogen (secondary N) is 1. The van der Waals surface area contributed by atoms with Gasteiger partial charge in [-0.1, -0.05) is 12.1 Å². The van der Waals surface area contributed by atoms with E-state index in [9.17, 15) is 25.0 Å². The van der Waals surface area contributed by atoms with Crippen LogP contribution in [-0.2, 0) is 9.53 Å². The van der Waals surface area contributed by atoms with Crippen molar-refractivity contribution in [1.82, 2.24) is 9.88 Å². The zero-order valence-electron chi connectivity index (χ0n) is 16.6. The average Bonchev–Trinajstić information content (AvgIpc) is 3.42. The lowest BCUT2D eigenvalue weighted by molar-refractivity contribution is -0.384. The molecule has 10 nitrogen and oxygen atoms in total. The highest BCUT2D eigenvalue weighted by molar-refractivity contribution is 7.07. The Morgan fingerprint density at radius 1 is 1.25 bits per heavy atom. The predicted octanol–water partition coefficient (Wildman–Crippen LogP) is 0.966. The van der Waals surface area contributed by atoms with E-state index in [1.807, 2.05) is 6.07 Å². The summed E-state index contributed by atoms with van der Waals surface area (Å²) in [4.78, 5) is 39.9. The van der Waals surface area contributed by atoms with Crippen LogP contribution in [0.2, 0.25) is 0 Å². The van der Waals surface area contributed by atoms with Crippen LogP contribution < -0.4 is 14.8 Å². The Morgan fingerprint density at radius 3 is 2.72 bits per heavy atom. The molecule has 3 aromatic rings. The molecule has 0 bridgehead atoms. The number of carbonyl (C=O) groups is 1. The summed E-state index contributed by atoms with van der Waals surface area (Å²) in [5, 5.41) is 20.8. The summed E-state index contributed by atoms with van der Waals surface area (Å²) in [6.07, 6.45) is 1.46. The highest BCUT2D eigenvalue weighted by Gasteiger charge is 2.22. The summed E-state index contributed by atoms with van der Waals surface area (Å²) in [6.45, 7) is 1.54. The summed E-state index contributed by atoms with van der Waals surface area (Å²) < 4.78 is 11.3. The number of aromatic nitrogens is 1. The molecular weight excluding hydrogens is 436 g/mol. The number of hydrogen-bond donors (Lipinski definition) is 1. The van der Waals surface area contributed by atoms with Crippen molar-refractivity contribution in [2.75, 3.05) is 26.3 Å². The molecule has 1 aromatic carbocycles. The maximum atomic E-state index is 12.7. The van der Waals surface area contributed by atoms with Crippen molar-refractivity contribution in [3.63, 3.8) is 0 Å². The number of H-pyrrole nitrogens is 1. The van der Waals surface area contributed by atoms with Gasteiger partial charge in [0.2, 0.25) is 0 Å². The van der Waals surface area contributed by atoms with Gasteiger partial charge in [-0.3, -0.25) is 19.7 Å². The maximum Gasteiger partial charge on any atom is 0.280 e. The number of ether oxygens (including phenoxy) is 1. The molecule has 0 spiro atoms. The second-order valence-electron chi connectivity index (χ2n) is 6.76. The van der Waals surface area contributed by atoms with Crippen molar-refractivity contribution in [2.45, 2.75) is 0 Å². The van der Waals surface area contributed by atoms with Crippen molar-refractivity contribution in [1.29, 1.82) is 5.26 Å². The third-order valence-electron chi connectivity index (χ3n) is 4.78. The third kappa shape index (κ3) is 4.22. The number of carbonyl (C=O) groups excluding carboxylic acids is 1. The first-order valence-corrected chi connectivity index (χ1v) is 10.4. The van der Waals surface area contributed by atoms with E-state index in [1.165, 1.54) is 17.0 Å². The number of nitriles is 1. The average molecular weight is 452 g/mol. The molecule has 1 saturated heterocycles. The Labute approximate surface area is 184 Å². The molecule has 1 amide bonds. The first kappa shape index (κ1) is 21.2. The molecule has 1 fully saturated rings. The maximum absolute atomic E-state index is 12.7. The number of aromatic amines is 1. The molecule has 11 heteroatoms. The predicted molar refractivity (Wildman–Crippen MR) is 115 cm³/mol. The monoisotopic (exact) mass is 452 g/mol. The van der Waals surface area contributed by atoms with Crippen molar-refractivity contribution >= 4 is 34.6 Å². The molecule has 32 heavy (non-hydrogen) atoms. The van der Waals surface area contributed by atoms with Gasteiger partial charge >= 0.3 is 0 Å². The van der Waals surface area contributed by atoms with Gasteiger partial charge in [0.1, 0.15) is 22.3 Å². The molecule has 3 heterocycles. The molecule has 1 aliphatic rings. The van der Waals surface area contributed by atoms with Crippen LogP contribution in [0.5, 0.6) is 0 Å². The highest BCUT2D eigenvalue weighted by Crippen LogP contribution is 2.30. The number of furan rings is 1. The largest absolute Gasteiger partial charge is 0.456 e. The number of nitrogens with zero attached hydrogens (tertiary/aromatic N) is 3. The van der Waals surface area contributed by atoms with Crippen LogP contribution in [-0.4, -0.2) is 47.0 Å². The molecule has 0 radical (unpaired) electrons. The number of benzene rings is 1. The summed E-state index contributed by atoms with van der Waals surface area (Å²) in [6, 6.07) is 11.2. The van der Waals surface area contributed by atoms with Gasteiger partial charge in [-0.25, -0.2) is 0 Å². The van der Waals surface area contributed by atoms with Crippen LogP contribution in [0.1, 0.15) is 5.76 Å². The Hall–Kier alpha value is -4.01. The van der Waals surface area contributed by atoms with Crippen molar-refractivity contribution in [3.8, 4) is 17.4 Å².